The highest BCUT2D eigenvalue weighted by atomic mass is 35.5. The van der Waals surface area contributed by atoms with E-state index in [9.17, 15) is 4.79 Å². The maximum absolute atomic E-state index is 11.2. The van der Waals surface area contributed by atoms with Gasteiger partial charge in [0.1, 0.15) is 6.04 Å². The molecule has 0 saturated carbocycles. The summed E-state index contributed by atoms with van der Waals surface area (Å²) in [6.07, 6.45) is 0.921. The van der Waals surface area contributed by atoms with Gasteiger partial charge in [-0.1, -0.05) is 0 Å². The number of likely N-dealkylation sites (tertiary alicyclic amines) is 1. The van der Waals surface area contributed by atoms with Crippen LogP contribution in [-0.4, -0.2) is 36.1 Å². The van der Waals surface area contributed by atoms with Crippen LogP contribution in [0.5, 0.6) is 0 Å². The number of methoxy groups -OCH3 is 1. The van der Waals surface area contributed by atoms with E-state index in [1.165, 1.54) is 12.0 Å². The Morgan fingerprint density at radius 2 is 2.38 bits per heavy atom. The minimum absolute atomic E-state index is 0.0660. The number of amides is 1. The molecule has 4 nitrogen and oxygen atoms in total. The van der Waals surface area contributed by atoms with E-state index in [0.717, 1.165) is 6.42 Å². The van der Waals surface area contributed by atoms with E-state index in [-0.39, 0.29) is 11.4 Å². The van der Waals surface area contributed by atoms with Gasteiger partial charge in [0.2, 0.25) is 0 Å². The summed E-state index contributed by atoms with van der Waals surface area (Å²) >= 11 is 5.88. The molecule has 1 heterocycles. The lowest BCUT2D eigenvalue weighted by Crippen LogP contribution is -2.46. The topological polar surface area (TPSA) is 53.3 Å². The highest BCUT2D eigenvalue weighted by molar-refractivity contribution is 6.20. The van der Waals surface area contributed by atoms with E-state index in [4.69, 9.17) is 16.9 Å². The molecule has 0 aromatic rings. The summed E-state index contributed by atoms with van der Waals surface area (Å²) in [4.78, 5) is 12.6. The van der Waals surface area contributed by atoms with Gasteiger partial charge in [-0.3, -0.25) is 4.90 Å². The van der Waals surface area contributed by atoms with E-state index < -0.39 is 6.09 Å². The van der Waals surface area contributed by atoms with E-state index in [1.807, 2.05) is 0 Å². The predicted octanol–water partition coefficient (Wildman–Crippen LogP) is 1.35. The molecule has 72 valence electrons. The summed E-state index contributed by atoms with van der Waals surface area (Å²) in [5.41, 5.74) is 0. The highest BCUT2D eigenvalue weighted by Crippen LogP contribution is 2.21. The lowest BCUT2D eigenvalue weighted by molar-refractivity contribution is 0.103. The van der Waals surface area contributed by atoms with Crippen LogP contribution in [-0.2, 0) is 4.74 Å². The number of ether oxygens (including phenoxy) is 1. The largest absolute Gasteiger partial charge is 0.453 e. The maximum Gasteiger partial charge on any atom is 0.410 e. The first-order valence-corrected chi connectivity index (χ1v) is 4.51. The van der Waals surface area contributed by atoms with Crippen LogP contribution in [0.1, 0.15) is 12.8 Å². The fourth-order valence-corrected chi connectivity index (χ4v) is 1.65. The third-order valence-corrected chi connectivity index (χ3v) is 2.44. The summed E-state index contributed by atoms with van der Waals surface area (Å²) in [7, 11) is 1.30. The molecule has 5 heteroatoms. The zero-order chi connectivity index (χ0) is 9.84. The van der Waals surface area contributed by atoms with Crippen LogP contribution in [0.2, 0.25) is 0 Å². The number of hydrogen-bond acceptors (Lipinski definition) is 3. The number of carbonyl (C=O) groups excluding carboxylic acids is 1. The number of nitriles is 1. The molecule has 2 unspecified atom stereocenters. The average Bonchev–Trinajstić information content (AvgIpc) is 2.16. The van der Waals surface area contributed by atoms with Gasteiger partial charge < -0.3 is 4.74 Å². The Morgan fingerprint density at radius 3 is 2.92 bits per heavy atom. The number of hydrogen-bond donors (Lipinski definition) is 0. The van der Waals surface area contributed by atoms with Crippen molar-refractivity contribution in [2.75, 3.05) is 13.7 Å². The molecule has 1 rings (SSSR count). The highest BCUT2D eigenvalue weighted by Gasteiger charge is 2.31. The molecule has 1 fully saturated rings. The van der Waals surface area contributed by atoms with E-state index in [2.05, 4.69) is 10.8 Å². The summed E-state index contributed by atoms with van der Waals surface area (Å²) in [6.45, 7) is 0.395. The van der Waals surface area contributed by atoms with Crippen molar-refractivity contribution in [3.05, 3.63) is 0 Å². The van der Waals surface area contributed by atoms with Gasteiger partial charge in [-0.2, -0.15) is 5.26 Å². The number of alkyl halides is 1. The van der Waals surface area contributed by atoms with Crippen molar-refractivity contribution in [3.63, 3.8) is 0 Å². The Labute approximate surface area is 82.0 Å². The molecule has 0 aliphatic carbocycles. The molecule has 0 spiro atoms. The third-order valence-electron chi connectivity index (χ3n) is 2.08. The van der Waals surface area contributed by atoms with Gasteiger partial charge in [-0.05, 0) is 12.8 Å². The lowest BCUT2D eigenvalue weighted by Gasteiger charge is -2.32. The summed E-state index contributed by atoms with van der Waals surface area (Å²) in [6, 6.07) is 1.67. The Balaban J connectivity index is 2.66. The van der Waals surface area contributed by atoms with E-state index in [0.29, 0.717) is 13.0 Å². The monoisotopic (exact) mass is 202 g/mol. The third kappa shape index (κ3) is 2.25. The van der Waals surface area contributed by atoms with Crippen molar-refractivity contribution in [1.82, 2.24) is 4.90 Å². The van der Waals surface area contributed by atoms with Crippen molar-refractivity contribution in [1.29, 1.82) is 5.26 Å². The number of carbonyl (C=O) groups is 1. The Morgan fingerprint density at radius 1 is 1.69 bits per heavy atom. The molecule has 0 N–H and O–H groups in total. The Bertz CT molecular complexity index is 239. The average molecular weight is 203 g/mol. The fourth-order valence-electron chi connectivity index (χ4n) is 1.38. The smallest absolute Gasteiger partial charge is 0.410 e. The SMILES string of the molecule is COC(=O)N1CC(Cl)CCC1C#N. The Hall–Kier alpha value is -0.950. The normalized spacial score (nSPS) is 27.9. The zero-order valence-electron chi connectivity index (χ0n) is 7.36. The summed E-state index contributed by atoms with van der Waals surface area (Å²) < 4.78 is 4.55. The molecule has 1 saturated heterocycles. The summed E-state index contributed by atoms with van der Waals surface area (Å²) in [5.74, 6) is 0. The van der Waals surface area contributed by atoms with Crippen molar-refractivity contribution in [2.45, 2.75) is 24.3 Å². The second kappa shape index (κ2) is 4.33. The van der Waals surface area contributed by atoms with Gasteiger partial charge in [-0.25, -0.2) is 4.79 Å². The number of halogens is 1. The van der Waals surface area contributed by atoms with E-state index >= 15 is 0 Å². The van der Waals surface area contributed by atoms with Crippen LogP contribution in [0.15, 0.2) is 0 Å². The molecular formula is C8H11ClN2O2. The predicted molar refractivity (Wildman–Crippen MR) is 47.4 cm³/mol. The Kier molecular flexibility index (Phi) is 3.38. The number of nitrogens with zero attached hydrogens (tertiary/aromatic N) is 2. The molecule has 1 aliphatic heterocycles. The molecular weight excluding hydrogens is 192 g/mol. The van der Waals surface area contributed by atoms with Gasteiger partial charge in [0.05, 0.1) is 18.6 Å². The van der Waals surface area contributed by atoms with Crippen LogP contribution in [0.4, 0.5) is 4.79 Å². The quantitative estimate of drug-likeness (QED) is 0.557. The van der Waals surface area contributed by atoms with Crippen LogP contribution >= 0.6 is 11.6 Å². The molecule has 2 atom stereocenters. The molecule has 13 heavy (non-hydrogen) atoms. The van der Waals surface area contributed by atoms with Crippen LogP contribution < -0.4 is 0 Å². The van der Waals surface area contributed by atoms with Gasteiger partial charge in [0.25, 0.3) is 0 Å². The fraction of sp³-hybridized carbons (Fsp3) is 0.750. The van der Waals surface area contributed by atoms with Crippen molar-refractivity contribution >= 4 is 17.7 Å². The molecule has 0 bridgehead atoms. The molecule has 0 aromatic heterocycles. The first-order valence-electron chi connectivity index (χ1n) is 4.07. The zero-order valence-corrected chi connectivity index (χ0v) is 8.12. The first kappa shape index (κ1) is 10.1. The van der Waals surface area contributed by atoms with Crippen LogP contribution in [0.3, 0.4) is 0 Å². The second-order valence-electron chi connectivity index (χ2n) is 2.94. The van der Waals surface area contributed by atoms with Crippen molar-refractivity contribution in [3.8, 4) is 6.07 Å². The van der Waals surface area contributed by atoms with Gasteiger partial charge >= 0.3 is 6.09 Å². The second-order valence-corrected chi connectivity index (χ2v) is 3.56. The molecule has 0 aromatic carbocycles. The number of piperidine rings is 1. The molecule has 1 amide bonds. The number of rotatable bonds is 0. The van der Waals surface area contributed by atoms with Gasteiger partial charge in [0.15, 0.2) is 0 Å². The van der Waals surface area contributed by atoms with Gasteiger partial charge in [0, 0.05) is 6.54 Å². The van der Waals surface area contributed by atoms with E-state index in [1.54, 1.807) is 0 Å². The minimum Gasteiger partial charge on any atom is -0.453 e. The maximum atomic E-state index is 11.2. The standard InChI is InChI=1S/C8H11ClN2O2/c1-13-8(12)11-5-6(9)2-3-7(11)4-10/h6-7H,2-3,5H2,1H3. The van der Waals surface area contributed by atoms with Crippen LogP contribution in [0.25, 0.3) is 0 Å². The molecule has 1 aliphatic rings. The van der Waals surface area contributed by atoms with Crippen molar-refractivity contribution in [2.24, 2.45) is 0 Å². The van der Waals surface area contributed by atoms with Crippen LogP contribution in [0, 0.1) is 11.3 Å². The summed E-state index contributed by atoms with van der Waals surface area (Å²) in [5, 5.41) is 8.68. The lowest BCUT2D eigenvalue weighted by atomic mass is 10.0. The van der Waals surface area contributed by atoms with Crippen molar-refractivity contribution < 1.29 is 9.53 Å². The minimum atomic E-state index is -0.475. The van der Waals surface area contributed by atoms with Gasteiger partial charge in [-0.15, -0.1) is 11.6 Å². The molecule has 0 radical (unpaired) electrons. The first-order chi connectivity index (χ1) is 6.19.